The van der Waals surface area contributed by atoms with Crippen molar-refractivity contribution in [3.05, 3.63) is 78.4 Å². The van der Waals surface area contributed by atoms with Crippen molar-refractivity contribution in [1.82, 2.24) is 4.90 Å². The molecule has 0 aliphatic carbocycles. The fourth-order valence-corrected chi connectivity index (χ4v) is 3.55. The molecule has 0 saturated carbocycles. The number of allylic oxidation sites excluding steroid dienone is 1. The van der Waals surface area contributed by atoms with Crippen LogP contribution in [0.25, 0.3) is 0 Å². The Bertz CT molecular complexity index is 807. The summed E-state index contributed by atoms with van der Waals surface area (Å²) in [6, 6.07) is 18.2. The van der Waals surface area contributed by atoms with Crippen molar-refractivity contribution in [1.29, 1.82) is 0 Å². The second kappa shape index (κ2) is 10.8. The molecule has 0 amide bonds. The van der Waals surface area contributed by atoms with Gasteiger partial charge in [-0.15, -0.1) is 6.58 Å². The summed E-state index contributed by atoms with van der Waals surface area (Å²) in [5, 5.41) is 14.7. The maximum absolute atomic E-state index is 10.4. The van der Waals surface area contributed by atoms with E-state index in [2.05, 4.69) is 34.8 Å². The topological polar surface area (TPSA) is 54.3 Å². The predicted molar refractivity (Wildman–Crippen MR) is 116 cm³/mol. The molecule has 0 unspecified atom stereocenters. The number of benzene rings is 2. The number of methoxy groups -OCH3 is 1. The molecule has 0 aromatic heterocycles. The van der Waals surface area contributed by atoms with Gasteiger partial charge in [0.2, 0.25) is 0 Å². The van der Waals surface area contributed by atoms with Crippen LogP contribution in [-0.4, -0.2) is 48.1 Å². The molecular weight excluding hydrogens is 364 g/mol. The highest BCUT2D eigenvalue weighted by atomic mass is 16.6. The number of aliphatic hydroxyl groups excluding tert-OH is 1. The van der Waals surface area contributed by atoms with E-state index in [0.717, 1.165) is 35.4 Å². The molecular formula is C24H30N2O3. The van der Waals surface area contributed by atoms with E-state index in [4.69, 9.17) is 9.57 Å². The second-order valence-corrected chi connectivity index (χ2v) is 7.40. The molecule has 0 saturated heterocycles. The molecule has 5 nitrogen and oxygen atoms in total. The van der Waals surface area contributed by atoms with E-state index in [1.54, 1.807) is 7.11 Å². The third-order valence-corrected chi connectivity index (χ3v) is 5.02. The van der Waals surface area contributed by atoms with E-state index in [9.17, 15) is 5.11 Å². The predicted octanol–water partition coefficient (Wildman–Crippen LogP) is 4.02. The van der Waals surface area contributed by atoms with Gasteiger partial charge in [-0.2, -0.15) is 0 Å². The Kier molecular flexibility index (Phi) is 7.85. The molecule has 1 N–H and O–H groups in total. The summed E-state index contributed by atoms with van der Waals surface area (Å²) in [5.41, 5.74) is 3.21. The standard InChI is InChI=1S/C24H30N2O3/c1-3-4-12-21(27)17-26(16-19-9-8-13-22(14-19)28-2)18-23-15-24(25-29-23)20-10-6-5-7-11-20/h3,5-11,13-14,21,23,27H,1,4,12,15-18H2,2H3/t21-,23-/m1/s1. The van der Waals surface area contributed by atoms with Crippen LogP contribution in [0, 0.1) is 0 Å². The largest absolute Gasteiger partial charge is 0.497 e. The Labute approximate surface area is 173 Å². The number of oxime groups is 1. The summed E-state index contributed by atoms with van der Waals surface area (Å²) in [6.07, 6.45) is 3.68. The summed E-state index contributed by atoms with van der Waals surface area (Å²) in [4.78, 5) is 7.95. The van der Waals surface area contributed by atoms with Crippen LogP contribution in [0.1, 0.15) is 30.4 Å². The van der Waals surface area contributed by atoms with Crippen LogP contribution in [0.15, 0.2) is 72.4 Å². The third kappa shape index (κ3) is 6.44. The van der Waals surface area contributed by atoms with Gasteiger partial charge in [0.05, 0.1) is 18.9 Å². The van der Waals surface area contributed by atoms with Crippen molar-refractivity contribution in [2.75, 3.05) is 20.2 Å². The number of hydrogen-bond donors (Lipinski definition) is 1. The lowest BCUT2D eigenvalue weighted by Gasteiger charge is -2.27. The summed E-state index contributed by atoms with van der Waals surface area (Å²) < 4.78 is 5.35. The minimum Gasteiger partial charge on any atom is -0.497 e. The van der Waals surface area contributed by atoms with Gasteiger partial charge in [-0.05, 0) is 36.1 Å². The fourth-order valence-electron chi connectivity index (χ4n) is 3.55. The van der Waals surface area contributed by atoms with E-state index in [1.165, 1.54) is 0 Å². The van der Waals surface area contributed by atoms with Crippen molar-refractivity contribution >= 4 is 5.71 Å². The summed E-state index contributed by atoms with van der Waals surface area (Å²) in [5.74, 6) is 0.835. The van der Waals surface area contributed by atoms with Crippen LogP contribution in [0.2, 0.25) is 0 Å². The van der Waals surface area contributed by atoms with Gasteiger partial charge in [0.1, 0.15) is 11.9 Å². The van der Waals surface area contributed by atoms with Crippen LogP contribution in [-0.2, 0) is 11.4 Å². The number of rotatable bonds is 11. The van der Waals surface area contributed by atoms with E-state index < -0.39 is 6.10 Å². The SMILES string of the molecule is C=CCC[C@@H](O)CN(Cc1cccc(OC)c1)C[C@H]1CC(c2ccccc2)=NO1. The Hall–Kier alpha value is -2.63. The molecule has 2 aromatic rings. The van der Waals surface area contributed by atoms with Crippen molar-refractivity contribution in [2.45, 2.75) is 38.0 Å². The number of ether oxygens (including phenoxy) is 1. The molecule has 1 heterocycles. The molecule has 29 heavy (non-hydrogen) atoms. The minimum absolute atomic E-state index is 0.0255. The first-order valence-electron chi connectivity index (χ1n) is 10.1. The second-order valence-electron chi connectivity index (χ2n) is 7.40. The van der Waals surface area contributed by atoms with Gasteiger partial charge in [-0.25, -0.2) is 0 Å². The zero-order chi connectivity index (χ0) is 20.5. The van der Waals surface area contributed by atoms with E-state index in [-0.39, 0.29) is 6.10 Å². The maximum Gasteiger partial charge on any atom is 0.145 e. The average molecular weight is 395 g/mol. The molecule has 2 aromatic carbocycles. The van der Waals surface area contributed by atoms with Crippen LogP contribution >= 0.6 is 0 Å². The molecule has 5 heteroatoms. The van der Waals surface area contributed by atoms with Crippen molar-refractivity contribution in [3.63, 3.8) is 0 Å². The van der Waals surface area contributed by atoms with E-state index in [1.807, 2.05) is 42.5 Å². The highest BCUT2D eigenvalue weighted by molar-refractivity contribution is 6.01. The number of nitrogens with zero attached hydrogens (tertiary/aromatic N) is 2. The molecule has 154 valence electrons. The van der Waals surface area contributed by atoms with Gasteiger partial charge in [0.15, 0.2) is 0 Å². The monoisotopic (exact) mass is 394 g/mol. The summed E-state index contributed by atoms with van der Waals surface area (Å²) >= 11 is 0. The average Bonchev–Trinajstić information content (AvgIpc) is 3.21. The van der Waals surface area contributed by atoms with Crippen LogP contribution in [0.3, 0.4) is 0 Å². The van der Waals surface area contributed by atoms with Gasteiger partial charge in [0.25, 0.3) is 0 Å². The lowest BCUT2D eigenvalue weighted by molar-refractivity contribution is 0.0308. The van der Waals surface area contributed by atoms with Gasteiger partial charge in [0, 0.05) is 26.1 Å². The third-order valence-electron chi connectivity index (χ3n) is 5.02. The quantitative estimate of drug-likeness (QED) is 0.585. The zero-order valence-corrected chi connectivity index (χ0v) is 17.0. The highest BCUT2D eigenvalue weighted by Crippen LogP contribution is 2.20. The molecule has 1 aliphatic rings. The maximum atomic E-state index is 10.4. The van der Waals surface area contributed by atoms with Crippen molar-refractivity contribution in [2.24, 2.45) is 5.16 Å². The van der Waals surface area contributed by atoms with Crippen LogP contribution < -0.4 is 4.74 Å². The molecule has 0 bridgehead atoms. The van der Waals surface area contributed by atoms with Gasteiger partial charge in [-0.3, -0.25) is 4.90 Å². The Balaban J connectivity index is 1.64. The normalized spacial score (nSPS) is 16.9. The number of hydrogen-bond acceptors (Lipinski definition) is 5. The van der Waals surface area contributed by atoms with Gasteiger partial charge < -0.3 is 14.7 Å². The Morgan fingerprint density at radius 2 is 2.10 bits per heavy atom. The highest BCUT2D eigenvalue weighted by Gasteiger charge is 2.25. The number of aliphatic hydroxyl groups is 1. The van der Waals surface area contributed by atoms with Gasteiger partial charge in [-0.1, -0.05) is 53.7 Å². The summed E-state index contributed by atoms with van der Waals surface area (Å²) in [6.45, 7) is 5.73. The lowest BCUT2D eigenvalue weighted by atomic mass is 10.0. The van der Waals surface area contributed by atoms with E-state index in [0.29, 0.717) is 26.1 Å². The molecule has 2 atom stereocenters. The molecule has 0 radical (unpaired) electrons. The smallest absolute Gasteiger partial charge is 0.145 e. The zero-order valence-electron chi connectivity index (χ0n) is 17.0. The summed E-state index contributed by atoms with van der Waals surface area (Å²) in [7, 11) is 1.67. The first-order valence-corrected chi connectivity index (χ1v) is 10.1. The van der Waals surface area contributed by atoms with Gasteiger partial charge >= 0.3 is 0 Å². The lowest BCUT2D eigenvalue weighted by Crippen LogP contribution is -2.37. The molecule has 0 fully saturated rings. The van der Waals surface area contributed by atoms with Crippen LogP contribution in [0.5, 0.6) is 5.75 Å². The Morgan fingerprint density at radius 1 is 1.28 bits per heavy atom. The fraction of sp³-hybridized carbons (Fsp3) is 0.375. The van der Waals surface area contributed by atoms with E-state index >= 15 is 0 Å². The Morgan fingerprint density at radius 3 is 2.86 bits per heavy atom. The van der Waals surface area contributed by atoms with Crippen LogP contribution in [0.4, 0.5) is 0 Å². The van der Waals surface area contributed by atoms with Crippen molar-refractivity contribution in [3.8, 4) is 5.75 Å². The minimum atomic E-state index is -0.408. The molecule has 0 spiro atoms. The first kappa shape index (κ1) is 21.1. The molecule has 3 rings (SSSR count). The van der Waals surface area contributed by atoms with Crippen molar-refractivity contribution < 1.29 is 14.7 Å². The molecule has 1 aliphatic heterocycles. The first-order chi connectivity index (χ1) is 14.2.